The van der Waals surface area contributed by atoms with E-state index in [4.69, 9.17) is 17.0 Å². The molecule has 1 aromatic heterocycles. The first-order chi connectivity index (χ1) is 7.24. The summed E-state index contributed by atoms with van der Waals surface area (Å²) in [5, 5.41) is 3.40. The number of hydrogen-bond acceptors (Lipinski definition) is 4. The highest BCUT2D eigenvalue weighted by Crippen LogP contribution is 2.13. The zero-order chi connectivity index (χ0) is 11.1. The van der Waals surface area contributed by atoms with Gasteiger partial charge < -0.3 is 11.5 Å². The molecule has 1 rings (SSSR count). The number of azide groups is 1. The van der Waals surface area contributed by atoms with Crippen molar-refractivity contribution in [3.63, 3.8) is 0 Å². The second-order valence-corrected chi connectivity index (χ2v) is 2.89. The molecule has 0 aliphatic heterocycles. The highest BCUT2D eigenvalue weighted by atomic mass is 15.1. The first-order valence-electron chi connectivity index (χ1n) is 4.42. The van der Waals surface area contributed by atoms with E-state index in [0.717, 1.165) is 5.56 Å². The maximum Gasteiger partial charge on any atom is 0.146 e. The number of hydrogen-bond donors (Lipinski definition) is 2. The van der Waals surface area contributed by atoms with E-state index in [1.807, 2.05) is 12.2 Å². The van der Waals surface area contributed by atoms with Gasteiger partial charge in [-0.15, -0.1) is 0 Å². The fraction of sp³-hybridized carbons (Fsp3) is 0.222. The molecule has 0 amide bonds. The first kappa shape index (κ1) is 10.9. The Morgan fingerprint density at radius 3 is 3.00 bits per heavy atom. The summed E-state index contributed by atoms with van der Waals surface area (Å²) < 4.78 is 0. The fourth-order valence-corrected chi connectivity index (χ4v) is 0.997. The molecule has 0 atom stereocenters. The molecule has 0 aliphatic carbocycles. The fourth-order valence-electron chi connectivity index (χ4n) is 0.997. The van der Waals surface area contributed by atoms with Crippen molar-refractivity contribution in [2.24, 2.45) is 5.11 Å². The Kier molecular flexibility index (Phi) is 4.00. The number of nitrogens with zero attached hydrogens (tertiary/aromatic N) is 4. The molecular formula is C9H12N6. The van der Waals surface area contributed by atoms with Gasteiger partial charge in [0.1, 0.15) is 5.82 Å². The smallest absolute Gasteiger partial charge is 0.146 e. The van der Waals surface area contributed by atoms with Gasteiger partial charge in [0.15, 0.2) is 0 Å². The lowest BCUT2D eigenvalue weighted by atomic mass is 10.2. The molecule has 1 heterocycles. The predicted molar refractivity (Wildman–Crippen MR) is 60.7 cm³/mol. The zero-order valence-corrected chi connectivity index (χ0v) is 8.17. The first-order valence-corrected chi connectivity index (χ1v) is 4.42. The standard InChI is InChI=1S/C9H12N6/c10-8-5-7(6-13-9(8)11)3-1-2-4-14-15-12/h1,3,5-6H,2,4,10H2,(H2,11,13). The van der Waals surface area contributed by atoms with Gasteiger partial charge in [0, 0.05) is 17.7 Å². The molecule has 0 unspecified atom stereocenters. The third kappa shape index (κ3) is 3.58. The minimum Gasteiger partial charge on any atom is -0.396 e. The Hall–Kier alpha value is -2.20. The number of pyridine rings is 1. The highest BCUT2D eigenvalue weighted by Gasteiger charge is 1.94. The lowest BCUT2D eigenvalue weighted by molar-refractivity contribution is 0.995. The molecule has 0 saturated carbocycles. The number of nitrogens with two attached hydrogens (primary N) is 2. The Morgan fingerprint density at radius 2 is 2.33 bits per heavy atom. The van der Waals surface area contributed by atoms with Crippen molar-refractivity contribution in [1.29, 1.82) is 0 Å². The van der Waals surface area contributed by atoms with E-state index in [9.17, 15) is 0 Å². The SMILES string of the molecule is [N-]=[N+]=NCCC=Cc1cnc(N)c(N)c1. The van der Waals surface area contributed by atoms with Gasteiger partial charge in [-0.1, -0.05) is 17.3 Å². The quantitative estimate of drug-likeness (QED) is 0.338. The summed E-state index contributed by atoms with van der Waals surface area (Å²) in [6.07, 6.45) is 6.07. The van der Waals surface area contributed by atoms with E-state index in [-0.39, 0.29) is 0 Å². The van der Waals surface area contributed by atoms with Gasteiger partial charge in [-0.3, -0.25) is 0 Å². The van der Waals surface area contributed by atoms with Crippen molar-refractivity contribution >= 4 is 17.6 Å². The van der Waals surface area contributed by atoms with Crippen LogP contribution >= 0.6 is 0 Å². The van der Waals surface area contributed by atoms with Crippen LogP contribution in [-0.2, 0) is 0 Å². The van der Waals surface area contributed by atoms with Crippen LogP contribution in [0, 0.1) is 0 Å². The van der Waals surface area contributed by atoms with Crippen LogP contribution in [-0.4, -0.2) is 11.5 Å². The number of rotatable bonds is 4. The molecule has 0 aliphatic rings. The van der Waals surface area contributed by atoms with Crippen LogP contribution in [0.2, 0.25) is 0 Å². The number of anilines is 2. The average molecular weight is 204 g/mol. The summed E-state index contributed by atoms with van der Waals surface area (Å²) in [6, 6.07) is 1.74. The maximum absolute atomic E-state index is 8.04. The minimum absolute atomic E-state index is 0.334. The third-order valence-corrected chi connectivity index (χ3v) is 1.74. The molecular weight excluding hydrogens is 192 g/mol. The van der Waals surface area contributed by atoms with Crippen LogP contribution in [0.25, 0.3) is 16.5 Å². The predicted octanol–water partition coefficient (Wildman–Crippen LogP) is 1.96. The van der Waals surface area contributed by atoms with Gasteiger partial charge in [0.05, 0.1) is 5.69 Å². The molecule has 0 radical (unpaired) electrons. The summed E-state index contributed by atoms with van der Waals surface area (Å²) in [5.41, 5.74) is 20.4. The summed E-state index contributed by atoms with van der Waals surface area (Å²) in [4.78, 5) is 6.56. The van der Waals surface area contributed by atoms with E-state index >= 15 is 0 Å². The van der Waals surface area contributed by atoms with Gasteiger partial charge >= 0.3 is 0 Å². The topological polar surface area (TPSA) is 114 Å². The van der Waals surface area contributed by atoms with Crippen LogP contribution in [0.3, 0.4) is 0 Å². The van der Waals surface area contributed by atoms with Crippen molar-refractivity contribution < 1.29 is 0 Å². The lowest BCUT2D eigenvalue weighted by Crippen LogP contribution is -1.97. The Labute approximate surface area is 87.2 Å². The van der Waals surface area contributed by atoms with Crippen molar-refractivity contribution in [1.82, 2.24) is 4.98 Å². The van der Waals surface area contributed by atoms with Crippen LogP contribution in [0.5, 0.6) is 0 Å². The summed E-state index contributed by atoms with van der Waals surface area (Å²) in [5.74, 6) is 0.334. The molecule has 0 saturated heterocycles. The lowest BCUT2D eigenvalue weighted by Gasteiger charge is -1.99. The number of aromatic nitrogens is 1. The molecule has 15 heavy (non-hydrogen) atoms. The second-order valence-electron chi connectivity index (χ2n) is 2.89. The van der Waals surface area contributed by atoms with Crippen LogP contribution in [0.1, 0.15) is 12.0 Å². The summed E-state index contributed by atoms with van der Waals surface area (Å²) in [6.45, 7) is 0.449. The Morgan fingerprint density at radius 1 is 1.53 bits per heavy atom. The van der Waals surface area contributed by atoms with Gasteiger partial charge in [-0.2, -0.15) is 0 Å². The Balaban J connectivity index is 2.56. The molecule has 0 spiro atoms. The summed E-state index contributed by atoms with van der Waals surface area (Å²) >= 11 is 0. The molecule has 6 nitrogen and oxygen atoms in total. The zero-order valence-electron chi connectivity index (χ0n) is 8.17. The number of nitrogen functional groups attached to an aromatic ring is 2. The second kappa shape index (κ2) is 5.51. The molecule has 0 fully saturated rings. The molecule has 78 valence electrons. The van der Waals surface area contributed by atoms with Gasteiger partial charge in [0.25, 0.3) is 0 Å². The highest BCUT2D eigenvalue weighted by molar-refractivity contribution is 5.63. The average Bonchev–Trinajstić information content (AvgIpc) is 2.23. The molecule has 4 N–H and O–H groups in total. The van der Waals surface area contributed by atoms with Gasteiger partial charge in [-0.05, 0) is 23.6 Å². The van der Waals surface area contributed by atoms with Crippen LogP contribution in [0.15, 0.2) is 23.5 Å². The van der Waals surface area contributed by atoms with E-state index < -0.39 is 0 Å². The molecule has 0 bridgehead atoms. The van der Waals surface area contributed by atoms with Crippen LogP contribution in [0.4, 0.5) is 11.5 Å². The minimum atomic E-state index is 0.334. The van der Waals surface area contributed by atoms with Gasteiger partial charge in [0.2, 0.25) is 0 Å². The molecule has 0 aromatic carbocycles. The summed E-state index contributed by atoms with van der Waals surface area (Å²) in [7, 11) is 0. The molecule has 1 aromatic rings. The van der Waals surface area contributed by atoms with Crippen LogP contribution < -0.4 is 11.5 Å². The monoisotopic (exact) mass is 204 g/mol. The van der Waals surface area contributed by atoms with E-state index in [2.05, 4.69) is 15.0 Å². The molecule has 6 heteroatoms. The van der Waals surface area contributed by atoms with Crippen molar-refractivity contribution in [3.8, 4) is 0 Å². The third-order valence-electron chi connectivity index (χ3n) is 1.74. The van der Waals surface area contributed by atoms with E-state index in [1.165, 1.54) is 0 Å². The Bertz CT molecular complexity index is 405. The van der Waals surface area contributed by atoms with Crippen molar-refractivity contribution in [2.45, 2.75) is 6.42 Å². The van der Waals surface area contributed by atoms with E-state index in [0.29, 0.717) is 24.5 Å². The maximum atomic E-state index is 8.04. The van der Waals surface area contributed by atoms with Crippen molar-refractivity contribution in [2.75, 3.05) is 18.0 Å². The largest absolute Gasteiger partial charge is 0.396 e. The van der Waals surface area contributed by atoms with Crippen molar-refractivity contribution in [3.05, 3.63) is 34.3 Å². The van der Waals surface area contributed by atoms with E-state index in [1.54, 1.807) is 12.3 Å². The van der Waals surface area contributed by atoms with Gasteiger partial charge in [-0.25, -0.2) is 4.98 Å². The normalized spacial score (nSPS) is 10.1.